The third-order valence-electron chi connectivity index (χ3n) is 1.15. The molecular formula is C6H7NNa2O6. The largest absolute Gasteiger partial charge is 1.00 e. The Kier molecular flexibility index (Phi) is 15.0. The molecule has 0 rings (SSSR count). The smallest absolute Gasteiger partial charge is 0.550 e. The predicted octanol–water partition coefficient (Wildman–Crippen LogP) is -10.1. The number of carboxylic acid groups (broad SMARTS) is 3. The van der Waals surface area contributed by atoms with Crippen molar-refractivity contribution >= 4 is 17.9 Å². The van der Waals surface area contributed by atoms with Gasteiger partial charge in [0.2, 0.25) is 0 Å². The van der Waals surface area contributed by atoms with Crippen molar-refractivity contribution in [3.05, 3.63) is 0 Å². The molecule has 7 nitrogen and oxygen atoms in total. The quantitative estimate of drug-likeness (QED) is 0.437. The van der Waals surface area contributed by atoms with Crippen LogP contribution in [-0.2, 0) is 14.4 Å². The zero-order chi connectivity index (χ0) is 10.4. The second kappa shape index (κ2) is 10.9. The van der Waals surface area contributed by atoms with Crippen LogP contribution in [0.5, 0.6) is 0 Å². The molecule has 0 saturated carbocycles. The van der Waals surface area contributed by atoms with Crippen molar-refractivity contribution in [1.82, 2.24) is 5.32 Å². The summed E-state index contributed by atoms with van der Waals surface area (Å²) in [4.78, 5) is 30.1. The second-order valence-corrected chi connectivity index (χ2v) is 2.22. The fourth-order valence-electron chi connectivity index (χ4n) is 0.616. The van der Waals surface area contributed by atoms with E-state index < -0.39 is 36.9 Å². The van der Waals surface area contributed by atoms with Gasteiger partial charge in [0.05, 0.1) is 18.6 Å². The summed E-state index contributed by atoms with van der Waals surface area (Å²) in [6, 6.07) is -1.54. The van der Waals surface area contributed by atoms with Crippen LogP contribution in [0.2, 0.25) is 0 Å². The van der Waals surface area contributed by atoms with Crippen LogP contribution in [-0.4, -0.2) is 35.6 Å². The normalized spacial score (nSPS) is 10.4. The van der Waals surface area contributed by atoms with E-state index in [0.717, 1.165) is 0 Å². The molecule has 0 aromatic heterocycles. The van der Waals surface area contributed by atoms with Crippen LogP contribution in [0, 0.1) is 0 Å². The minimum absolute atomic E-state index is 0. The molecule has 74 valence electrons. The van der Waals surface area contributed by atoms with Gasteiger partial charge in [-0.25, -0.2) is 0 Å². The molecule has 0 aliphatic heterocycles. The van der Waals surface area contributed by atoms with E-state index in [-0.39, 0.29) is 59.1 Å². The fraction of sp³-hybridized carbons (Fsp3) is 0.500. The summed E-state index contributed by atoms with van der Waals surface area (Å²) in [6.07, 6.45) is -0.824. The van der Waals surface area contributed by atoms with Gasteiger partial charge in [0.15, 0.2) is 0 Å². The topological polar surface area (TPSA) is 130 Å². The summed E-state index contributed by atoms with van der Waals surface area (Å²) in [5.74, 6) is -4.55. The summed E-state index contributed by atoms with van der Waals surface area (Å²) >= 11 is 0. The maximum Gasteiger partial charge on any atom is 1.00 e. The van der Waals surface area contributed by atoms with Gasteiger partial charge in [-0.15, -0.1) is 0 Å². The summed E-state index contributed by atoms with van der Waals surface area (Å²) in [7, 11) is 0. The Morgan fingerprint density at radius 1 is 1.20 bits per heavy atom. The number of aliphatic carboxylic acids is 3. The Bertz CT molecular complexity index is 234. The number of rotatable bonds is 6. The Hall–Kier alpha value is 0.370. The predicted molar refractivity (Wildman–Crippen MR) is 34.1 cm³/mol. The summed E-state index contributed by atoms with van der Waals surface area (Å²) in [5, 5.41) is 30.3. The van der Waals surface area contributed by atoms with Crippen LogP contribution >= 0.6 is 0 Å². The van der Waals surface area contributed by atoms with Gasteiger partial charge in [0.25, 0.3) is 0 Å². The van der Waals surface area contributed by atoms with Crippen LogP contribution in [0.15, 0.2) is 0 Å². The summed E-state index contributed by atoms with van der Waals surface area (Å²) < 4.78 is 0. The maximum atomic E-state index is 10.2. The van der Waals surface area contributed by atoms with Crippen molar-refractivity contribution < 1.29 is 88.8 Å². The van der Waals surface area contributed by atoms with Crippen molar-refractivity contribution in [3.8, 4) is 0 Å². The molecule has 1 atom stereocenters. The number of hydrogen-bond donors (Lipinski definition) is 2. The first-order chi connectivity index (χ1) is 5.93. The number of carbonyl (C=O) groups is 3. The molecule has 0 bridgehead atoms. The van der Waals surface area contributed by atoms with Crippen LogP contribution in [0.25, 0.3) is 0 Å². The van der Waals surface area contributed by atoms with Gasteiger partial charge in [-0.2, -0.15) is 0 Å². The Morgan fingerprint density at radius 2 is 1.67 bits per heavy atom. The fourth-order valence-corrected chi connectivity index (χ4v) is 0.616. The number of carboxylic acids is 3. The minimum atomic E-state index is -1.68. The van der Waals surface area contributed by atoms with E-state index in [0.29, 0.717) is 0 Å². The monoisotopic (exact) mass is 235 g/mol. The third-order valence-corrected chi connectivity index (χ3v) is 1.15. The molecular weight excluding hydrogens is 228 g/mol. The zero-order valence-corrected chi connectivity index (χ0v) is 12.5. The van der Waals surface area contributed by atoms with Crippen LogP contribution < -0.4 is 74.6 Å². The Labute approximate surface area is 130 Å². The molecule has 1 unspecified atom stereocenters. The van der Waals surface area contributed by atoms with Crippen LogP contribution in [0.3, 0.4) is 0 Å². The van der Waals surface area contributed by atoms with Crippen molar-refractivity contribution in [1.29, 1.82) is 0 Å². The summed E-state index contributed by atoms with van der Waals surface area (Å²) in [5.41, 5.74) is 0. The Morgan fingerprint density at radius 3 is 1.93 bits per heavy atom. The maximum absolute atomic E-state index is 10.2. The van der Waals surface area contributed by atoms with Gasteiger partial charge < -0.3 is 24.9 Å². The molecule has 0 aliphatic rings. The third kappa shape index (κ3) is 12.3. The molecule has 0 spiro atoms. The molecule has 2 N–H and O–H groups in total. The standard InChI is InChI=1S/C6H9NO6.2Na/c8-4(9)1-3(6(12)13)7-2-5(10)11;;/h3,7H,1-2H2,(H,8,9)(H,10,11)(H,12,13);;/q;2*+1/p-2. The van der Waals surface area contributed by atoms with E-state index >= 15 is 0 Å². The molecule has 0 radical (unpaired) electrons. The van der Waals surface area contributed by atoms with Crippen molar-refractivity contribution in [3.63, 3.8) is 0 Å². The van der Waals surface area contributed by atoms with Crippen molar-refractivity contribution in [2.75, 3.05) is 6.54 Å². The zero-order valence-electron chi connectivity index (χ0n) is 8.48. The average Bonchev–Trinajstić information content (AvgIpc) is 1.96. The van der Waals surface area contributed by atoms with Gasteiger partial charge in [-0.3, -0.25) is 10.1 Å². The van der Waals surface area contributed by atoms with E-state index in [4.69, 9.17) is 5.11 Å². The first-order valence-electron chi connectivity index (χ1n) is 3.29. The van der Waals surface area contributed by atoms with E-state index in [1.54, 1.807) is 0 Å². The average molecular weight is 235 g/mol. The van der Waals surface area contributed by atoms with Gasteiger partial charge in [0.1, 0.15) is 0 Å². The van der Waals surface area contributed by atoms with E-state index in [2.05, 4.69) is 0 Å². The second-order valence-electron chi connectivity index (χ2n) is 2.22. The van der Waals surface area contributed by atoms with E-state index in [1.807, 2.05) is 5.32 Å². The number of hydrogen-bond acceptors (Lipinski definition) is 6. The molecule has 0 amide bonds. The van der Waals surface area contributed by atoms with Crippen LogP contribution in [0.1, 0.15) is 6.42 Å². The van der Waals surface area contributed by atoms with Crippen molar-refractivity contribution in [2.24, 2.45) is 0 Å². The number of nitrogens with one attached hydrogen (secondary N) is 1. The summed E-state index contributed by atoms with van der Waals surface area (Å²) in [6.45, 7) is -0.647. The van der Waals surface area contributed by atoms with E-state index in [9.17, 15) is 24.6 Å². The molecule has 0 heterocycles. The van der Waals surface area contributed by atoms with Gasteiger partial charge in [-0.1, -0.05) is 0 Å². The SMILES string of the molecule is O=C([O-])CC(NCC(=O)O)C(=O)[O-].[Na+].[Na+]. The molecule has 15 heavy (non-hydrogen) atoms. The molecule has 9 heteroatoms. The van der Waals surface area contributed by atoms with E-state index in [1.165, 1.54) is 0 Å². The van der Waals surface area contributed by atoms with Gasteiger partial charge in [0, 0.05) is 12.4 Å². The molecule has 0 saturated heterocycles. The van der Waals surface area contributed by atoms with Crippen molar-refractivity contribution in [2.45, 2.75) is 12.5 Å². The van der Waals surface area contributed by atoms with Gasteiger partial charge in [-0.05, 0) is 0 Å². The minimum Gasteiger partial charge on any atom is -0.550 e. The van der Waals surface area contributed by atoms with Crippen LogP contribution in [0.4, 0.5) is 0 Å². The Balaban J connectivity index is -0.000000720. The molecule has 0 aromatic carbocycles. The first kappa shape index (κ1) is 20.7. The molecule has 0 aliphatic carbocycles. The molecule has 0 aromatic rings. The number of carbonyl (C=O) groups excluding carboxylic acids is 2. The molecule has 0 fully saturated rings. The van der Waals surface area contributed by atoms with Gasteiger partial charge >= 0.3 is 65.1 Å². The first-order valence-corrected chi connectivity index (χ1v) is 3.29.